The fraction of sp³-hybridized carbons (Fsp3) is 0.667. The van der Waals surface area contributed by atoms with Crippen molar-refractivity contribution in [2.75, 3.05) is 50.8 Å². The Kier molecular flexibility index (Phi) is 9.10. The number of furan rings is 1. The standard InChI is InChI=1S/C18H28N4O2S.HI/c1-2-19-18(20-14-15-5-12-25-13-6-15)22-9-7-21(8-10-22)17(23)16-4-3-11-24-16;/h3-4,11,15H,2,5-10,12-14H2,1H3,(H,19,20);1H. The maximum atomic E-state index is 12.4. The summed E-state index contributed by atoms with van der Waals surface area (Å²) in [6.07, 6.45) is 4.10. The number of carbonyl (C=O) groups excluding carboxylic acids is 1. The predicted octanol–water partition coefficient (Wildman–Crippen LogP) is 2.76. The molecule has 1 aromatic heterocycles. The molecule has 0 unspecified atom stereocenters. The van der Waals surface area contributed by atoms with Crippen LogP contribution in [0.3, 0.4) is 0 Å². The van der Waals surface area contributed by atoms with E-state index in [1.54, 1.807) is 18.4 Å². The van der Waals surface area contributed by atoms with Crippen LogP contribution >= 0.6 is 35.7 Å². The number of hydrogen-bond donors (Lipinski definition) is 1. The van der Waals surface area contributed by atoms with E-state index in [2.05, 4.69) is 28.9 Å². The molecule has 0 aromatic carbocycles. The normalized spacial score (nSPS) is 19.2. The van der Waals surface area contributed by atoms with Gasteiger partial charge in [-0.25, -0.2) is 0 Å². The molecule has 1 N–H and O–H groups in total. The van der Waals surface area contributed by atoms with Crippen molar-refractivity contribution in [1.82, 2.24) is 15.1 Å². The van der Waals surface area contributed by atoms with E-state index in [-0.39, 0.29) is 29.9 Å². The summed E-state index contributed by atoms with van der Waals surface area (Å²) >= 11 is 2.05. The summed E-state index contributed by atoms with van der Waals surface area (Å²) in [6, 6.07) is 3.48. The lowest BCUT2D eigenvalue weighted by molar-refractivity contribution is 0.0657. The molecule has 0 aliphatic carbocycles. The van der Waals surface area contributed by atoms with Gasteiger partial charge in [-0.15, -0.1) is 24.0 Å². The molecule has 8 heteroatoms. The summed E-state index contributed by atoms with van der Waals surface area (Å²) in [5, 5.41) is 3.41. The Balaban J connectivity index is 0.00000243. The van der Waals surface area contributed by atoms with Crippen LogP contribution in [0.4, 0.5) is 0 Å². The molecule has 0 saturated carbocycles. The maximum absolute atomic E-state index is 12.4. The summed E-state index contributed by atoms with van der Waals surface area (Å²) in [6.45, 7) is 6.88. The summed E-state index contributed by atoms with van der Waals surface area (Å²) in [5.41, 5.74) is 0. The molecule has 1 amide bonds. The van der Waals surface area contributed by atoms with Gasteiger partial charge in [-0.1, -0.05) is 0 Å². The van der Waals surface area contributed by atoms with Crippen molar-refractivity contribution in [2.45, 2.75) is 19.8 Å². The highest BCUT2D eigenvalue weighted by atomic mass is 127. The smallest absolute Gasteiger partial charge is 0.289 e. The summed E-state index contributed by atoms with van der Waals surface area (Å²) in [7, 11) is 0. The molecule has 26 heavy (non-hydrogen) atoms. The monoisotopic (exact) mass is 492 g/mol. The van der Waals surface area contributed by atoms with Gasteiger partial charge in [0.25, 0.3) is 5.91 Å². The third-order valence-corrected chi connectivity index (χ3v) is 5.82. The number of carbonyl (C=O) groups is 1. The Bertz CT molecular complexity index is 568. The average Bonchev–Trinajstić information content (AvgIpc) is 3.20. The third-order valence-electron chi connectivity index (χ3n) is 4.77. The number of nitrogens with zero attached hydrogens (tertiary/aromatic N) is 3. The first-order valence-electron chi connectivity index (χ1n) is 9.21. The highest BCUT2D eigenvalue weighted by molar-refractivity contribution is 14.0. The van der Waals surface area contributed by atoms with Crippen molar-refractivity contribution in [1.29, 1.82) is 0 Å². The second-order valence-electron chi connectivity index (χ2n) is 6.51. The Morgan fingerprint density at radius 3 is 2.58 bits per heavy atom. The first-order valence-corrected chi connectivity index (χ1v) is 10.4. The Morgan fingerprint density at radius 1 is 1.27 bits per heavy atom. The Labute approximate surface area is 177 Å². The van der Waals surface area contributed by atoms with Crippen molar-refractivity contribution >= 4 is 47.6 Å². The number of nitrogens with one attached hydrogen (secondary N) is 1. The van der Waals surface area contributed by atoms with Gasteiger partial charge in [0.1, 0.15) is 0 Å². The van der Waals surface area contributed by atoms with Gasteiger partial charge < -0.3 is 19.5 Å². The summed E-state index contributed by atoms with van der Waals surface area (Å²) < 4.78 is 5.22. The Hall–Kier alpha value is -0.900. The lowest BCUT2D eigenvalue weighted by Gasteiger charge is -2.36. The van der Waals surface area contributed by atoms with E-state index in [1.165, 1.54) is 24.3 Å². The number of amides is 1. The van der Waals surface area contributed by atoms with Crippen LogP contribution in [0.15, 0.2) is 27.8 Å². The Morgan fingerprint density at radius 2 is 1.96 bits per heavy atom. The van der Waals surface area contributed by atoms with Crippen LogP contribution < -0.4 is 5.32 Å². The van der Waals surface area contributed by atoms with Gasteiger partial charge in [-0.3, -0.25) is 9.79 Å². The van der Waals surface area contributed by atoms with Gasteiger partial charge in [0.2, 0.25) is 0 Å². The van der Waals surface area contributed by atoms with Gasteiger partial charge in [0, 0.05) is 39.3 Å². The van der Waals surface area contributed by atoms with Crippen molar-refractivity contribution in [3.05, 3.63) is 24.2 Å². The molecular formula is C18H29IN4O2S. The van der Waals surface area contributed by atoms with E-state index < -0.39 is 0 Å². The fourth-order valence-electron chi connectivity index (χ4n) is 3.25. The molecular weight excluding hydrogens is 463 g/mol. The number of piperazine rings is 1. The van der Waals surface area contributed by atoms with Crippen molar-refractivity contribution in [2.24, 2.45) is 10.9 Å². The van der Waals surface area contributed by atoms with Crippen molar-refractivity contribution < 1.29 is 9.21 Å². The number of guanidine groups is 1. The van der Waals surface area contributed by atoms with Gasteiger partial charge in [0.05, 0.1) is 6.26 Å². The zero-order valence-electron chi connectivity index (χ0n) is 15.4. The SMILES string of the molecule is CCNC(=NCC1CCSCC1)N1CCN(C(=O)c2ccco2)CC1.I. The van der Waals surface area contributed by atoms with E-state index in [9.17, 15) is 4.79 Å². The molecule has 0 radical (unpaired) electrons. The predicted molar refractivity (Wildman–Crippen MR) is 118 cm³/mol. The third kappa shape index (κ3) is 5.80. The summed E-state index contributed by atoms with van der Waals surface area (Å²) in [4.78, 5) is 21.4. The highest BCUT2D eigenvalue weighted by Crippen LogP contribution is 2.22. The van der Waals surface area contributed by atoms with E-state index in [1.807, 2.05) is 4.90 Å². The number of aliphatic imine (C=N–C) groups is 1. The number of halogens is 1. The topological polar surface area (TPSA) is 61.1 Å². The van der Waals surface area contributed by atoms with Gasteiger partial charge in [-0.05, 0) is 49.3 Å². The van der Waals surface area contributed by atoms with Crippen molar-refractivity contribution in [3.8, 4) is 0 Å². The largest absolute Gasteiger partial charge is 0.459 e. The minimum atomic E-state index is -0.0219. The molecule has 2 fully saturated rings. The van der Waals surface area contributed by atoms with Crippen LogP contribution in [0.1, 0.15) is 30.3 Å². The van der Waals surface area contributed by atoms with Crippen molar-refractivity contribution in [3.63, 3.8) is 0 Å². The number of thioether (sulfide) groups is 1. The minimum Gasteiger partial charge on any atom is -0.459 e. The van der Waals surface area contributed by atoms with Gasteiger partial charge >= 0.3 is 0 Å². The van der Waals surface area contributed by atoms with Crippen LogP contribution in [-0.2, 0) is 0 Å². The lowest BCUT2D eigenvalue weighted by atomic mass is 10.0. The first kappa shape index (κ1) is 21.4. The molecule has 146 valence electrons. The molecule has 1 aromatic rings. The molecule has 2 aliphatic heterocycles. The van der Waals surface area contributed by atoms with E-state index in [4.69, 9.17) is 9.41 Å². The van der Waals surface area contributed by atoms with E-state index in [0.717, 1.165) is 38.1 Å². The number of hydrogen-bond acceptors (Lipinski definition) is 4. The van der Waals surface area contributed by atoms with Crippen LogP contribution in [-0.4, -0.2) is 72.4 Å². The zero-order chi connectivity index (χ0) is 17.5. The van der Waals surface area contributed by atoms with Crippen LogP contribution in [0, 0.1) is 5.92 Å². The second kappa shape index (κ2) is 11.1. The fourth-order valence-corrected chi connectivity index (χ4v) is 4.45. The van der Waals surface area contributed by atoms with Gasteiger partial charge in [0.15, 0.2) is 11.7 Å². The molecule has 6 nitrogen and oxygen atoms in total. The minimum absolute atomic E-state index is 0. The quantitative estimate of drug-likeness (QED) is 0.398. The zero-order valence-corrected chi connectivity index (χ0v) is 18.5. The second-order valence-corrected chi connectivity index (χ2v) is 7.73. The van der Waals surface area contributed by atoms with Crippen LogP contribution in [0.5, 0.6) is 0 Å². The molecule has 0 bridgehead atoms. The summed E-state index contributed by atoms with van der Waals surface area (Å²) in [5.74, 6) is 4.65. The molecule has 3 rings (SSSR count). The molecule has 0 atom stereocenters. The first-order chi connectivity index (χ1) is 12.3. The van der Waals surface area contributed by atoms with E-state index >= 15 is 0 Å². The molecule has 0 spiro atoms. The maximum Gasteiger partial charge on any atom is 0.289 e. The highest BCUT2D eigenvalue weighted by Gasteiger charge is 2.25. The number of rotatable bonds is 4. The molecule has 2 aliphatic rings. The van der Waals surface area contributed by atoms with Crippen LogP contribution in [0.25, 0.3) is 0 Å². The van der Waals surface area contributed by atoms with Gasteiger partial charge in [-0.2, -0.15) is 11.8 Å². The van der Waals surface area contributed by atoms with Crippen LogP contribution in [0.2, 0.25) is 0 Å². The molecule has 3 heterocycles. The lowest BCUT2D eigenvalue weighted by Crippen LogP contribution is -2.53. The average molecular weight is 492 g/mol. The van der Waals surface area contributed by atoms with E-state index in [0.29, 0.717) is 18.8 Å². The molecule has 2 saturated heterocycles.